The molecule has 1 N–H and O–H groups in total. The number of carbonyl (C=O) groups is 1. The van der Waals surface area contributed by atoms with Crippen LogP contribution in [0, 0.1) is 37.0 Å². The molecular weight excluding hydrogens is 264 g/mol. The average Bonchev–Trinajstić information content (AvgIpc) is 2.68. The third-order valence-corrected chi connectivity index (χ3v) is 3.50. The lowest BCUT2D eigenvalue weighted by Crippen LogP contribution is -2.28. The number of nitriles is 1. The molecule has 5 heteroatoms. The zero-order valence-electron chi connectivity index (χ0n) is 13.7. The minimum atomic E-state index is -0.147. The van der Waals surface area contributed by atoms with Gasteiger partial charge in [-0.2, -0.15) is 10.4 Å². The molecule has 1 rings (SSSR count). The summed E-state index contributed by atoms with van der Waals surface area (Å²) in [4.78, 5) is 11.8. The summed E-state index contributed by atoms with van der Waals surface area (Å²) in [5.41, 5.74) is 3.32. The van der Waals surface area contributed by atoms with Crippen LogP contribution >= 0.6 is 0 Å². The Morgan fingerprint density at radius 3 is 2.62 bits per heavy atom. The first-order chi connectivity index (χ1) is 9.85. The van der Waals surface area contributed by atoms with Crippen LogP contribution in [-0.2, 0) is 17.8 Å². The van der Waals surface area contributed by atoms with Gasteiger partial charge in [0.25, 0.3) is 0 Å². The highest BCUT2D eigenvalue weighted by molar-refractivity contribution is 5.76. The second kappa shape index (κ2) is 7.82. The maximum absolute atomic E-state index is 11.8. The summed E-state index contributed by atoms with van der Waals surface area (Å²) in [6.45, 7) is 11.5. The van der Waals surface area contributed by atoms with Crippen molar-refractivity contribution in [2.45, 2.75) is 54.0 Å². The summed E-state index contributed by atoms with van der Waals surface area (Å²) in [5, 5.41) is 16.0. The molecule has 0 aliphatic rings. The molecule has 0 radical (unpaired) electrons. The van der Waals surface area contributed by atoms with E-state index in [1.807, 2.05) is 11.6 Å². The van der Waals surface area contributed by atoms with Gasteiger partial charge in [-0.3, -0.25) is 9.48 Å². The van der Waals surface area contributed by atoms with Crippen molar-refractivity contribution in [3.8, 4) is 6.07 Å². The number of nitrogens with one attached hydrogen (secondary N) is 1. The van der Waals surface area contributed by atoms with Crippen molar-refractivity contribution in [3.05, 3.63) is 17.0 Å². The molecule has 0 spiro atoms. The van der Waals surface area contributed by atoms with Crippen LogP contribution in [0.15, 0.2) is 0 Å². The number of aromatic nitrogens is 2. The van der Waals surface area contributed by atoms with E-state index in [-0.39, 0.29) is 11.8 Å². The Kier molecular flexibility index (Phi) is 6.41. The molecular formula is C16H26N4O. The third-order valence-electron chi connectivity index (χ3n) is 3.50. The van der Waals surface area contributed by atoms with Gasteiger partial charge in [-0.25, -0.2) is 0 Å². The summed E-state index contributed by atoms with van der Waals surface area (Å²) in [6, 6.07) is 2.11. The van der Waals surface area contributed by atoms with E-state index in [1.165, 1.54) is 5.56 Å². The largest absolute Gasteiger partial charge is 0.355 e. The Balaban J connectivity index is 2.58. The fourth-order valence-corrected chi connectivity index (χ4v) is 2.26. The Morgan fingerprint density at radius 1 is 1.38 bits per heavy atom. The lowest BCUT2D eigenvalue weighted by atomic mass is 10.1. The predicted molar refractivity (Wildman–Crippen MR) is 82.6 cm³/mol. The van der Waals surface area contributed by atoms with Crippen LogP contribution in [-0.4, -0.2) is 22.2 Å². The van der Waals surface area contributed by atoms with E-state index in [4.69, 9.17) is 5.26 Å². The van der Waals surface area contributed by atoms with Crippen molar-refractivity contribution in [3.63, 3.8) is 0 Å². The van der Waals surface area contributed by atoms with E-state index in [9.17, 15) is 4.79 Å². The number of aryl methyl sites for hydroxylation is 1. The normalized spacial score (nSPS) is 12.2. The molecule has 1 aromatic rings. The van der Waals surface area contributed by atoms with E-state index in [2.05, 4.69) is 37.3 Å². The SMILES string of the molecule is Cc1nn(CC(C)C)c(C)c1CCC(=O)NCC(C)C#N. The molecule has 0 fully saturated rings. The predicted octanol–water partition coefficient (Wildman–Crippen LogP) is 2.36. The summed E-state index contributed by atoms with van der Waals surface area (Å²) < 4.78 is 2.03. The molecule has 21 heavy (non-hydrogen) atoms. The molecule has 5 nitrogen and oxygen atoms in total. The fourth-order valence-electron chi connectivity index (χ4n) is 2.26. The summed E-state index contributed by atoms with van der Waals surface area (Å²) in [5.74, 6) is 0.394. The van der Waals surface area contributed by atoms with Crippen molar-refractivity contribution >= 4 is 5.91 Å². The molecule has 1 aromatic heterocycles. The molecule has 1 heterocycles. The molecule has 0 saturated carbocycles. The first-order valence-corrected chi connectivity index (χ1v) is 7.54. The molecule has 1 atom stereocenters. The van der Waals surface area contributed by atoms with Crippen LogP contribution in [0.2, 0.25) is 0 Å². The molecule has 1 amide bonds. The maximum atomic E-state index is 11.8. The van der Waals surface area contributed by atoms with Gasteiger partial charge in [0.05, 0.1) is 17.7 Å². The van der Waals surface area contributed by atoms with Crippen LogP contribution < -0.4 is 5.32 Å². The van der Waals surface area contributed by atoms with Crippen molar-refractivity contribution in [2.24, 2.45) is 11.8 Å². The van der Waals surface area contributed by atoms with Gasteiger partial charge in [-0.05, 0) is 38.7 Å². The molecule has 0 saturated heterocycles. The fraction of sp³-hybridized carbons (Fsp3) is 0.688. The third kappa shape index (κ3) is 5.22. The number of rotatable bonds is 7. The van der Waals surface area contributed by atoms with Crippen molar-refractivity contribution in [1.82, 2.24) is 15.1 Å². The van der Waals surface area contributed by atoms with E-state index in [0.29, 0.717) is 25.3 Å². The highest BCUT2D eigenvalue weighted by Crippen LogP contribution is 2.16. The van der Waals surface area contributed by atoms with Gasteiger partial charge in [-0.1, -0.05) is 13.8 Å². The first-order valence-electron chi connectivity index (χ1n) is 7.54. The van der Waals surface area contributed by atoms with Crippen LogP contribution in [0.25, 0.3) is 0 Å². The number of nitrogens with zero attached hydrogens (tertiary/aromatic N) is 3. The van der Waals surface area contributed by atoms with Crippen LogP contribution in [0.3, 0.4) is 0 Å². The van der Waals surface area contributed by atoms with Crippen molar-refractivity contribution in [1.29, 1.82) is 5.26 Å². The zero-order valence-corrected chi connectivity index (χ0v) is 13.7. The molecule has 0 aromatic carbocycles. The number of hydrogen-bond acceptors (Lipinski definition) is 3. The van der Waals surface area contributed by atoms with E-state index >= 15 is 0 Å². The molecule has 116 valence electrons. The quantitative estimate of drug-likeness (QED) is 0.838. The van der Waals surface area contributed by atoms with Gasteiger partial charge < -0.3 is 5.32 Å². The monoisotopic (exact) mass is 290 g/mol. The Hall–Kier alpha value is -1.83. The summed E-state index contributed by atoms with van der Waals surface area (Å²) in [6.07, 6.45) is 1.13. The highest BCUT2D eigenvalue weighted by Gasteiger charge is 2.14. The lowest BCUT2D eigenvalue weighted by molar-refractivity contribution is -0.121. The summed E-state index contributed by atoms with van der Waals surface area (Å²) in [7, 11) is 0. The Morgan fingerprint density at radius 2 is 2.05 bits per heavy atom. The van der Waals surface area contributed by atoms with Gasteiger partial charge in [0.1, 0.15) is 0 Å². The van der Waals surface area contributed by atoms with E-state index in [1.54, 1.807) is 6.92 Å². The topological polar surface area (TPSA) is 70.7 Å². The number of hydrogen-bond donors (Lipinski definition) is 1. The minimum Gasteiger partial charge on any atom is -0.355 e. The van der Waals surface area contributed by atoms with Gasteiger partial charge >= 0.3 is 0 Å². The van der Waals surface area contributed by atoms with E-state index in [0.717, 1.165) is 17.9 Å². The zero-order chi connectivity index (χ0) is 16.0. The van der Waals surface area contributed by atoms with Crippen LogP contribution in [0.1, 0.15) is 44.1 Å². The smallest absolute Gasteiger partial charge is 0.220 e. The number of carbonyl (C=O) groups excluding carboxylic acids is 1. The van der Waals surface area contributed by atoms with Gasteiger partial charge in [-0.15, -0.1) is 0 Å². The Bertz CT molecular complexity index is 525. The lowest BCUT2D eigenvalue weighted by Gasteiger charge is -2.08. The standard InChI is InChI=1S/C16H26N4O/c1-11(2)10-20-14(5)15(13(4)19-20)6-7-16(21)18-9-12(3)8-17/h11-12H,6-7,9-10H2,1-5H3,(H,18,21). The van der Waals surface area contributed by atoms with Gasteiger partial charge in [0, 0.05) is 25.2 Å². The summed E-state index contributed by atoms with van der Waals surface area (Å²) >= 11 is 0. The molecule has 1 unspecified atom stereocenters. The molecule has 0 aliphatic carbocycles. The van der Waals surface area contributed by atoms with Gasteiger partial charge in [0.15, 0.2) is 0 Å². The minimum absolute atomic E-state index is 0.00694. The second-order valence-corrected chi connectivity index (χ2v) is 6.06. The number of amides is 1. The van der Waals surface area contributed by atoms with Crippen LogP contribution in [0.4, 0.5) is 0 Å². The van der Waals surface area contributed by atoms with Gasteiger partial charge in [0.2, 0.25) is 5.91 Å². The van der Waals surface area contributed by atoms with Crippen LogP contribution in [0.5, 0.6) is 0 Å². The van der Waals surface area contributed by atoms with E-state index < -0.39 is 0 Å². The van der Waals surface area contributed by atoms with Crippen molar-refractivity contribution < 1.29 is 4.79 Å². The molecule has 0 bridgehead atoms. The highest BCUT2D eigenvalue weighted by atomic mass is 16.1. The second-order valence-electron chi connectivity index (χ2n) is 6.06. The Labute approximate surface area is 127 Å². The van der Waals surface area contributed by atoms with Crippen molar-refractivity contribution in [2.75, 3.05) is 6.54 Å². The molecule has 0 aliphatic heterocycles. The maximum Gasteiger partial charge on any atom is 0.220 e. The average molecular weight is 290 g/mol. The first kappa shape index (κ1) is 17.2.